The van der Waals surface area contributed by atoms with Crippen LogP contribution in [0.4, 0.5) is 16.4 Å². The highest BCUT2D eigenvalue weighted by Gasteiger charge is 2.30. The van der Waals surface area contributed by atoms with Crippen molar-refractivity contribution in [1.29, 1.82) is 0 Å². The Hall–Kier alpha value is -4.79. The number of ether oxygens (including phenoxy) is 1. The molecule has 0 saturated carbocycles. The maximum atomic E-state index is 13.0. The van der Waals surface area contributed by atoms with Gasteiger partial charge in [0.15, 0.2) is 0 Å². The third-order valence-electron chi connectivity index (χ3n) is 7.70. The molecule has 9 heteroatoms. The molecule has 4 aromatic rings. The van der Waals surface area contributed by atoms with Crippen molar-refractivity contribution < 1.29 is 19.4 Å². The van der Waals surface area contributed by atoms with Crippen LogP contribution in [0.1, 0.15) is 45.9 Å². The van der Waals surface area contributed by atoms with Crippen molar-refractivity contribution in [1.82, 2.24) is 19.9 Å². The highest BCUT2D eigenvalue weighted by Crippen LogP contribution is 2.44. The summed E-state index contributed by atoms with van der Waals surface area (Å²) in [5.41, 5.74) is 5.88. The minimum atomic E-state index is -1.02. The maximum Gasteiger partial charge on any atom is 0.409 e. The Balaban J connectivity index is 1.01. The van der Waals surface area contributed by atoms with E-state index in [2.05, 4.69) is 44.5 Å². The summed E-state index contributed by atoms with van der Waals surface area (Å²) in [6.45, 7) is 1.63. The smallest absolute Gasteiger partial charge is 0.409 e. The summed E-state index contributed by atoms with van der Waals surface area (Å²) in [6, 6.07) is 21.7. The standard InChI is InChI=1S/C31H29N5O4/c37-30(38)21-9-10-28(32-17-21)35-29-16-22(33-19-34-29)15-20-11-13-36(14-12-20)31(39)40-18-27-25-7-3-1-5-23(25)24-6-2-4-8-26(24)27/h1-10,16-17,19-20,27H,11-15,18H2,(H,37,38)(H,32,33,34,35). The average Bonchev–Trinajstić information content (AvgIpc) is 3.30. The number of rotatable bonds is 7. The summed E-state index contributed by atoms with van der Waals surface area (Å²) >= 11 is 0. The number of anilines is 2. The Kier molecular flexibility index (Phi) is 7.09. The van der Waals surface area contributed by atoms with Gasteiger partial charge in [-0.25, -0.2) is 24.5 Å². The van der Waals surface area contributed by atoms with Crippen molar-refractivity contribution in [3.63, 3.8) is 0 Å². The third-order valence-corrected chi connectivity index (χ3v) is 7.70. The van der Waals surface area contributed by atoms with E-state index < -0.39 is 5.97 Å². The molecule has 0 radical (unpaired) electrons. The summed E-state index contributed by atoms with van der Waals surface area (Å²) < 4.78 is 5.85. The Bertz CT molecular complexity index is 1490. The number of carbonyl (C=O) groups excluding carboxylic acids is 1. The highest BCUT2D eigenvalue weighted by atomic mass is 16.6. The van der Waals surface area contributed by atoms with Gasteiger partial charge in [-0.1, -0.05) is 48.5 Å². The van der Waals surface area contributed by atoms with Crippen molar-refractivity contribution >= 4 is 23.7 Å². The summed E-state index contributed by atoms with van der Waals surface area (Å²) in [6.07, 6.45) is 5.08. The van der Waals surface area contributed by atoms with Crippen LogP contribution in [0.2, 0.25) is 0 Å². The molecule has 0 bridgehead atoms. The number of pyridine rings is 1. The topological polar surface area (TPSA) is 118 Å². The number of benzene rings is 2. The zero-order chi connectivity index (χ0) is 27.5. The molecule has 202 valence electrons. The summed E-state index contributed by atoms with van der Waals surface area (Å²) in [4.78, 5) is 38.6. The summed E-state index contributed by atoms with van der Waals surface area (Å²) in [7, 11) is 0. The van der Waals surface area contributed by atoms with E-state index in [0.717, 1.165) is 25.0 Å². The lowest BCUT2D eigenvalue weighted by Gasteiger charge is -2.31. The van der Waals surface area contributed by atoms with Crippen molar-refractivity contribution in [3.05, 3.63) is 102 Å². The van der Waals surface area contributed by atoms with Crippen LogP contribution in [-0.2, 0) is 11.2 Å². The van der Waals surface area contributed by atoms with E-state index in [1.165, 1.54) is 40.8 Å². The van der Waals surface area contributed by atoms with Crippen molar-refractivity contribution in [3.8, 4) is 11.1 Å². The number of carboxylic acid groups (broad SMARTS) is 1. The Morgan fingerprint density at radius 2 is 1.60 bits per heavy atom. The van der Waals surface area contributed by atoms with Crippen LogP contribution in [0.5, 0.6) is 0 Å². The molecule has 9 nitrogen and oxygen atoms in total. The van der Waals surface area contributed by atoms with Crippen LogP contribution in [0.15, 0.2) is 79.3 Å². The van der Waals surface area contributed by atoms with E-state index in [-0.39, 0.29) is 17.6 Å². The second kappa shape index (κ2) is 11.1. The molecule has 0 unspecified atom stereocenters. The molecule has 2 aromatic carbocycles. The molecule has 0 atom stereocenters. The fourth-order valence-corrected chi connectivity index (χ4v) is 5.60. The molecule has 3 heterocycles. The number of nitrogens with zero attached hydrogens (tertiary/aromatic N) is 4. The number of nitrogens with one attached hydrogen (secondary N) is 1. The van der Waals surface area contributed by atoms with Crippen molar-refractivity contribution in [2.24, 2.45) is 5.92 Å². The zero-order valence-electron chi connectivity index (χ0n) is 21.9. The zero-order valence-corrected chi connectivity index (χ0v) is 21.9. The van der Waals surface area contributed by atoms with E-state index in [4.69, 9.17) is 9.84 Å². The molecule has 2 aliphatic rings. The first-order valence-corrected chi connectivity index (χ1v) is 13.4. The number of piperidine rings is 1. The molecule has 0 spiro atoms. The Morgan fingerprint density at radius 3 is 2.25 bits per heavy atom. The molecular formula is C31H29N5O4. The van der Waals surface area contributed by atoms with Crippen LogP contribution in [0.3, 0.4) is 0 Å². The van der Waals surface area contributed by atoms with Gasteiger partial charge in [0.2, 0.25) is 0 Å². The Morgan fingerprint density at radius 1 is 0.900 bits per heavy atom. The van der Waals surface area contributed by atoms with Gasteiger partial charge in [-0.2, -0.15) is 0 Å². The normalized spacial score (nSPS) is 14.8. The van der Waals surface area contributed by atoms with Crippen LogP contribution in [0, 0.1) is 5.92 Å². The molecular weight excluding hydrogens is 506 g/mol. The lowest BCUT2D eigenvalue weighted by atomic mass is 9.92. The fourth-order valence-electron chi connectivity index (χ4n) is 5.60. The molecule has 1 aliphatic carbocycles. The molecule has 1 fully saturated rings. The number of aromatic nitrogens is 3. The molecule has 2 N–H and O–H groups in total. The SMILES string of the molecule is O=C(O)c1ccc(Nc2cc(CC3CCN(C(=O)OCC4c5ccccc5-c5ccccc54)CC3)ncn2)nc1. The number of aromatic carboxylic acids is 1. The summed E-state index contributed by atoms with van der Waals surface area (Å²) in [5, 5.41) is 12.1. The third kappa shape index (κ3) is 5.36. The van der Waals surface area contributed by atoms with Gasteiger partial charge in [0, 0.05) is 37.0 Å². The number of carboxylic acids is 1. The number of amides is 1. The van der Waals surface area contributed by atoms with E-state index >= 15 is 0 Å². The van der Waals surface area contributed by atoms with Crippen molar-refractivity contribution in [2.75, 3.05) is 25.0 Å². The quantitative estimate of drug-likeness (QED) is 0.318. The highest BCUT2D eigenvalue weighted by molar-refractivity contribution is 5.87. The lowest BCUT2D eigenvalue weighted by molar-refractivity contribution is 0.0696. The fraction of sp³-hybridized carbons (Fsp3) is 0.258. The van der Waals surface area contributed by atoms with Crippen LogP contribution in [0.25, 0.3) is 11.1 Å². The number of likely N-dealkylation sites (tertiary alicyclic amines) is 1. The number of carbonyl (C=O) groups is 2. The van der Waals surface area contributed by atoms with E-state index in [1.54, 1.807) is 6.07 Å². The average molecular weight is 536 g/mol. The number of fused-ring (bicyclic) bond motifs is 3. The van der Waals surface area contributed by atoms with Gasteiger partial charge in [-0.05, 0) is 59.6 Å². The Labute approximate surface area is 231 Å². The van der Waals surface area contributed by atoms with E-state index in [9.17, 15) is 9.59 Å². The van der Waals surface area contributed by atoms with Gasteiger partial charge < -0.3 is 20.1 Å². The monoisotopic (exact) mass is 535 g/mol. The van der Waals surface area contributed by atoms with Crippen LogP contribution < -0.4 is 5.32 Å². The van der Waals surface area contributed by atoms with E-state index in [1.807, 2.05) is 35.2 Å². The predicted octanol–water partition coefficient (Wildman–Crippen LogP) is 5.52. The number of hydrogen-bond donors (Lipinski definition) is 2. The second-order valence-corrected chi connectivity index (χ2v) is 10.2. The van der Waals surface area contributed by atoms with Gasteiger partial charge in [0.05, 0.1) is 5.56 Å². The molecule has 1 saturated heterocycles. The predicted molar refractivity (Wildman–Crippen MR) is 150 cm³/mol. The van der Waals surface area contributed by atoms with Gasteiger partial charge in [0.25, 0.3) is 0 Å². The molecule has 40 heavy (non-hydrogen) atoms. The van der Waals surface area contributed by atoms with Crippen LogP contribution >= 0.6 is 0 Å². The minimum absolute atomic E-state index is 0.0553. The van der Waals surface area contributed by atoms with Gasteiger partial charge >= 0.3 is 12.1 Å². The molecule has 6 rings (SSSR count). The first kappa shape index (κ1) is 25.5. The van der Waals surface area contributed by atoms with E-state index in [0.29, 0.717) is 37.3 Å². The first-order chi connectivity index (χ1) is 19.5. The number of hydrogen-bond acceptors (Lipinski definition) is 7. The molecule has 1 aliphatic heterocycles. The van der Waals surface area contributed by atoms with Crippen molar-refractivity contribution in [2.45, 2.75) is 25.2 Å². The van der Waals surface area contributed by atoms with Crippen LogP contribution in [-0.4, -0.2) is 56.7 Å². The van der Waals surface area contributed by atoms with Gasteiger partial charge in [0.1, 0.15) is 24.6 Å². The second-order valence-electron chi connectivity index (χ2n) is 10.2. The molecule has 1 amide bonds. The van der Waals surface area contributed by atoms with Gasteiger partial charge in [-0.3, -0.25) is 0 Å². The maximum absolute atomic E-state index is 13.0. The van der Waals surface area contributed by atoms with Gasteiger partial charge in [-0.15, -0.1) is 0 Å². The minimum Gasteiger partial charge on any atom is -0.478 e. The summed E-state index contributed by atoms with van der Waals surface area (Å²) in [5.74, 6) is 0.531. The largest absolute Gasteiger partial charge is 0.478 e. The first-order valence-electron chi connectivity index (χ1n) is 13.4. The lowest BCUT2D eigenvalue weighted by Crippen LogP contribution is -2.39. The molecule has 2 aromatic heterocycles.